The highest BCUT2D eigenvalue weighted by atomic mass is 32.2. The third-order valence-corrected chi connectivity index (χ3v) is 6.30. The van der Waals surface area contributed by atoms with Crippen molar-refractivity contribution < 1.29 is 13.8 Å². The van der Waals surface area contributed by atoms with Crippen LogP contribution in [0.4, 0.5) is 11.4 Å². The lowest BCUT2D eigenvalue weighted by molar-refractivity contribution is -0.104. The van der Waals surface area contributed by atoms with Gasteiger partial charge in [-0.15, -0.1) is 0 Å². The van der Waals surface area contributed by atoms with Gasteiger partial charge in [-0.2, -0.15) is 4.31 Å². The molecule has 0 bridgehead atoms. The van der Waals surface area contributed by atoms with Gasteiger partial charge in [-0.25, -0.2) is 8.42 Å². The molecule has 1 aliphatic rings. The average Bonchev–Trinajstić information content (AvgIpc) is 2.62. The molecule has 0 aliphatic carbocycles. The van der Waals surface area contributed by atoms with E-state index in [0.717, 1.165) is 16.8 Å². The van der Waals surface area contributed by atoms with Gasteiger partial charge in [0, 0.05) is 31.9 Å². The summed E-state index contributed by atoms with van der Waals surface area (Å²) in [6.45, 7) is 2.12. The summed E-state index contributed by atoms with van der Waals surface area (Å²) in [5.74, 6) is 0.0357. The summed E-state index contributed by atoms with van der Waals surface area (Å²) in [5, 5.41) is 5.70. The Balaban J connectivity index is 1.70. The molecule has 1 fully saturated rings. The van der Waals surface area contributed by atoms with Gasteiger partial charge in [0.15, 0.2) is 6.21 Å². The molecular weight excluding hydrogens is 336 g/mol. The molecule has 7 heteroatoms. The van der Waals surface area contributed by atoms with Gasteiger partial charge < -0.3 is 10.6 Å². The zero-order chi connectivity index (χ0) is 17.9. The summed E-state index contributed by atoms with van der Waals surface area (Å²) in [7, 11) is -3.32. The number of hydrogen-bond acceptors (Lipinski definition) is 4. The molecule has 0 unspecified atom stereocenters. The van der Waals surface area contributed by atoms with E-state index in [0.29, 0.717) is 31.9 Å². The number of benzene rings is 2. The lowest BCUT2D eigenvalue weighted by Gasteiger charge is -2.36. The van der Waals surface area contributed by atoms with Crippen molar-refractivity contribution in [2.45, 2.75) is 5.75 Å². The number of nitrogen functional groups attached to an aromatic ring is 1. The van der Waals surface area contributed by atoms with E-state index < -0.39 is 10.0 Å². The fraction of sp³-hybridized carbons (Fsp3) is 0.278. The Kier molecular flexibility index (Phi) is 5.06. The van der Waals surface area contributed by atoms with Crippen molar-refractivity contribution in [1.82, 2.24) is 4.31 Å². The highest BCUT2D eigenvalue weighted by molar-refractivity contribution is 7.88. The Labute approximate surface area is 148 Å². The number of nitrogens with zero attached hydrogens (tertiary/aromatic N) is 2. The Morgan fingerprint density at radius 1 is 1.00 bits per heavy atom. The van der Waals surface area contributed by atoms with E-state index in [4.69, 9.17) is 11.1 Å². The second-order valence-corrected chi connectivity index (χ2v) is 8.04. The maximum atomic E-state index is 12.6. The van der Waals surface area contributed by atoms with Crippen molar-refractivity contribution in [3.63, 3.8) is 0 Å². The van der Waals surface area contributed by atoms with Gasteiger partial charge in [0.25, 0.3) is 0 Å². The molecule has 132 valence electrons. The molecule has 0 aromatic heterocycles. The molecule has 1 saturated heterocycles. The van der Waals surface area contributed by atoms with Gasteiger partial charge in [-0.05, 0) is 17.7 Å². The first kappa shape index (κ1) is 17.4. The van der Waals surface area contributed by atoms with Crippen LogP contribution in [0.2, 0.25) is 0 Å². The molecular formula is C18H23N4O2S+. The van der Waals surface area contributed by atoms with Gasteiger partial charge in [0.05, 0.1) is 17.0 Å². The van der Waals surface area contributed by atoms with E-state index in [-0.39, 0.29) is 5.75 Å². The van der Waals surface area contributed by atoms with Crippen LogP contribution in [0.15, 0.2) is 48.5 Å². The normalized spacial score (nSPS) is 15.9. The first-order valence-corrected chi connectivity index (χ1v) is 9.82. The summed E-state index contributed by atoms with van der Waals surface area (Å²) in [4.78, 5) is 2.13. The number of rotatable bonds is 5. The second kappa shape index (κ2) is 7.25. The molecule has 0 atom stereocenters. The molecule has 0 saturated carbocycles. The van der Waals surface area contributed by atoms with Crippen LogP contribution in [0.1, 0.15) is 11.1 Å². The van der Waals surface area contributed by atoms with Gasteiger partial charge >= 0.3 is 0 Å². The molecule has 4 N–H and O–H groups in total. The number of piperazine rings is 1. The fourth-order valence-electron chi connectivity index (χ4n) is 3.11. The van der Waals surface area contributed by atoms with Crippen LogP contribution in [0, 0.1) is 0 Å². The van der Waals surface area contributed by atoms with Crippen LogP contribution in [0.5, 0.6) is 0 Å². The monoisotopic (exact) mass is 359 g/mol. The zero-order valence-corrected chi connectivity index (χ0v) is 14.8. The highest BCUT2D eigenvalue weighted by Gasteiger charge is 2.28. The molecule has 1 aliphatic heterocycles. The number of nitrogens with two attached hydrogens (primary N) is 2. The van der Waals surface area contributed by atoms with Crippen molar-refractivity contribution >= 4 is 27.6 Å². The van der Waals surface area contributed by atoms with Crippen LogP contribution in [0.25, 0.3) is 0 Å². The highest BCUT2D eigenvalue weighted by Crippen LogP contribution is 2.25. The Bertz CT molecular complexity index is 845. The molecule has 6 nitrogen and oxygen atoms in total. The first-order valence-electron chi connectivity index (χ1n) is 8.21. The van der Waals surface area contributed by atoms with Gasteiger partial charge in [0.1, 0.15) is 0 Å². The quantitative estimate of drug-likeness (QED) is 0.585. The summed E-state index contributed by atoms with van der Waals surface area (Å²) < 4.78 is 26.8. The van der Waals surface area contributed by atoms with Gasteiger partial charge in [-0.1, -0.05) is 36.4 Å². The SMILES string of the molecule is Nc1cccc(N2CCN(S(=O)(=O)Cc3ccccc3)CC2)c1C=[NH2+]. The lowest BCUT2D eigenvalue weighted by atomic mass is 10.1. The Hall–Kier alpha value is -2.38. The number of anilines is 2. The minimum atomic E-state index is -3.32. The van der Waals surface area contributed by atoms with Gasteiger partial charge in [-0.3, -0.25) is 5.41 Å². The molecule has 0 spiro atoms. The minimum Gasteiger partial charge on any atom is -0.398 e. The second-order valence-electron chi connectivity index (χ2n) is 6.07. The topological polar surface area (TPSA) is 92.2 Å². The maximum absolute atomic E-state index is 12.6. The average molecular weight is 359 g/mol. The largest absolute Gasteiger partial charge is 0.398 e. The zero-order valence-electron chi connectivity index (χ0n) is 14.0. The van der Waals surface area contributed by atoms with E-state index >= 15 is 0 Å². The third kappa shape index (κ3) is 3.83. The fourth-order valence-corrected chi connectivity index (χ4v) is 4.63. The molecule has 1 heterocycles. The van der Waals surface area contributed by atoms with E-state index in [2.05, 4.69) is 4.90 Å². The van der Waals surface area contributed by atoms with Crippen LogP contribution in [0.3, 0.4) is 0 Å². The Morgan fingerprint density at radius 3 is 2.32 bits per heavy atom. The van der Waals surface area contributed by atoms with Gasteiger partial charge in [0.2, 0.25) is 10.0 Å². The standard InChI is InChI=1S/C18H22N4O2S/c19-13-16-17(20)7-4-8-18(16)21-9-11-22(12-10-21)25(23,24)14-15-5-2-1-3-6-15/h1-8,13,19H,9-12,14,20H2/p+1. The van der Waals surface area contributed by atoms with Crippen molar-refractivity contribution in [3.8, 4) is 0 Å². The van der Waals surface area contributed by atoms with Crippen molar-refractivity contribution in [1.29, 1.82) is 0 Å². The third-order valence-electron chi connectivity index (χ3n) is 4.45. The lowest BCUT2D eigenvalue weighted by Crippen LogP contribution is -2.49. The molecule has 0 amide bonds. The summed E-state index contributed by atoms with van der Waals surface area (Å²) >= 11 is 0. The maximum Gasteiger partial charge on any atom is 0.218 e. The van der Waals surface area contributed by atoms with E-state index in [1.165, 1.54) is 6.21 Å². The van der Waals surface area contributed by atoms with Crippen molar-refractivity contribution in [2.75, 3.05) is 36.8 Å². The Morgan fingerprint density at radius 2 is 1.68 bits per heavy atom. The number of sulfonamides is 1. The molecule has 2 aromatic carbocycles. The summed E-state index contributed by atoms with van der Waals surface area (Å²) in [6, 6.07) is 14.9. The minimum absolute atomic E-state index is 0.0357. The summed E-state index contributed by atoms with van der Waals surface area (Å²) in [5.41, 5.74) is 9.15. The van der Waals surface area contributed by atoms with Crippen LogP contribution >= 0.6 is 0 Å². The van der Waals surface area contributed by atoms with Crippen molar-refractivity contribution in [2.24, 2.45) is 0 Å². The van der Waals surface area contributed by atoms with E-state index in [1.54, 1.807) is 4.31 Å². The van der Waals surface area contributed by atoms with Crippen molar-refractivity contribution in [3.05, 3.63) is 59.7 Å². The number of hydrogen-bond donors (Lipinski definition) is 2. The van der Waals surface area contributed by atoms with Crippen LogP contribution in [-0.4, -0.2) is 45.1 Å². The predicted molar refractivity (Wildman–Crippen MR) is 101 cm³/mol. The molecule has 0 radical (unpaired) electrons. The summed E-state index contributed by atoms with van der Waals surface area (Å²) in [6.07, 6.45) is 1.50. The van der Waals surface area contributed by atoms with Crippen LogP contribution in [-0.2, 0) is 15.8 Å². The predicted octanol–water partition coefficient (Wildman–Crippen LogP) is 0.0988. The van der Waals surface area contributed by atoms with E-state index in [1.807, 2.05) is 48.5 Å². The smallest absolute Gasteiger partial charge is 0.218 e. The molecule has 3 rings (SSSR count). The molecule has 25 heavy (non-hydrogen) atoms. The van der Waals surface area contributed by atoms with E-state index in [9.17, 15) is 8.42 Å². The molecule has 2 aromatic rings. The first-order chi connectivity index (χ1) is 12.0. The van der Waals surface area contributed by atoms with Crippen LogP contribution < -0.4 is 16.0 Å².